The molecule has 1 heterocycles. The molecule has 4 aliphatic carbocycles. The molecule has 0 amide bonds. The molecule has 0 radical (unpaired) electrons. The van der Waals surface area contributed by atoms with E-state index in [4.69, 9.17) is 0 Å². The molecule has 0 bridgehead atoms. The fourth-order valence-corrected chi connectivity index (χ4v) is 17.2. The fraction of sp³-hybridized carbons (Fsp3) is 0.760. The Bertz CT molecular complexity index is 668. The summed E-state index contributed by atoms with van der Waals surface area (Å²) in [4.78, 5) is 0. The summed E-state index contributed by atoms with van der Waals surface area (Å²) in [6.45, 7) is 2.93. The van der Waals surface area contributed by atoms with Crippen LogP contribution in [0.25, 0.3) is 0 Å². The van der Waals surface area contributed by atoms with Crippen molar-refractivity contribution >= 4 is 8.07 Å². The molecule has 1 aromatic carbocycles. The van der Waals surface area contributed by atoms with Gasteiger partial charge in [-0.25, -0.2) is 0 Å². The van der Waals surface area contributed by atoms with E-state index in [0.29, 0.717) is 0 Å². The SMILES string of the molecule is C[Si]1(C2CCC3CCCCC32)C2CCC3CC(c4ccccc4)CC1C32. The number of fused-ring (bicyclic) bond motifs is 1. The molecule has 1 saturated heterocycles. The van der Waals surface area contributed by atoms with Crippen LogP contribution in [0.4, 0.5) is 0 Å². The minimum atomic E-state index is -1.10. The highest BCUT2D eigenvalue weighted by atomic mass is 28.3. The quantitative estimate of drug-likeness (QED) is 0.480. The van der Waals surface area contributed by atoms with Crippen LogP contribution in [-0.2, 0) is 0 Å². The van der Waals surface area contributed by atoms with Crippen molar-refractivity contribution in [3.05, 3.63) is 35.9 Å². The molecule has 9 atom stereocenters. The minimum Gasteiger partial charge on any atom is -0.0685 e. The molecule has 0 spiro atoms. The Morgan fingerprint density at radius 3 is 2.38 bits per heavy atom. The minimum absolute atomic E-state index is 0.886. The summed E-state index contributed by atoms with van der Waals surface area (Å²) in [5.74, 6) is 5.46. The van der Waals surface area contributed by atoms with Gasteiger partial charge in [0.2, 0.25) is 0 Å². The summed E-state index contributed by atoms with van der Waals surface area (Å²) >= 11 is 0. The average Bonchev–Trinajstić information content (AvgIpc) is 3.31. The van der Waals surface area contributed by atoms with E-state index in [9.17, 15) is 0 Å². The smallest absolute Gasteiger partial charge is 0.0606 e. The summed E-state index contributed by atoms with van der Waals surface area (Å²) in [5, 5.41) is 0. The highest BCUT2D eigenvalue weighted by Gasteiger charge is 2.69. The van der Waals surface area contributed by atoms with Gasteiger partial charge in [-0.15, -0.1) is 0 Å². The van der Waals surface area contributed by atoms with Gasteiger partial charge in [-0.3, -0.25) is 0 Å². The molecule has 5 aliphatic rings. The van der Waals surface area contributed by atoms with Crippen molar-refractivity contribution in [3.63, 3.8) is 0 Å². The third kappa shape index (κ3) is 2.13. The van der Waals surface area contributed by atoms with Gasteiger partial charge in [0, 0.05) is 0 Å². The first kappa shape index (κ1) is 16.4. The molecule has 0 nitrogen and oxygen atoms in total. The first-order valence-electron chi connectivity index (χ1n) is 11.8. The Labute approximate surface area is 161 Å². The summed E-state index contributed by atoms with van der Waals surface area (Å²) in [6.07, 6.45) is 15.8. The Morgan fingerprint density at radius 1 is 0.731 bits per heavy atom. The van der Waals surface area contributed by atoms with Crippen LogP contribution in [-0.4, -0.2) is 8.07 Å². The number of hydrogen-bond donors (Lipinski definition) is 0. The van der Waals surface area contributed by atoms with Gasteiger partial charge >= 0.3 is 0 Å². The standard InChI is InChI=1S/C25H36Si/c1-26(22-13-11-18-9-5-6-10-21(18)22)23-14-12-19-15-20(16-24(26)25(19)23)17-7-3-2-4-8-17/h2-4,7-8,18-25H,5-6,9-16H2,1H3. The summed E-state index contributed by atoms with van der Waals surface area (Å²) in [7, 11) is -1.10. The lowest BCUT2D eigenvalue weighted by atomic mass is 9.72. The lowest BCUT2D eigenvalue weighted by Crippen LogP contribution is -2.62. The van der Waals surface area contributed by atoms with Gasteiger partial charge < -0.3 is 0 Å². The third-order valence-electron chi connectivity index (χ3n) is 10.4. The Balaban J connectivity index is 1.31. The maximum atomic E-state index is 2.93. The van der Waals surface area contributed by atoms with Crippen LogP contribution in [0.1, 0.15) is 75.7 Å². The Morgan fingerprint density at radius 2 is 1.50 bits per heavy atom. The Kier molecular flexibility index (Phi) is 3.76. The van der Waals surface area contributed by atoms with Crippen molar-refractivity contribution in [1.82, 2.24) is 0 Å². The zero-order valence-corrected chi connectivity index (χ0v) is 17.6. The number of rotatable bonds is 2. The first-order valence-corrected chi connectivity index (χ1v) is 14.5. The van der Waals surface area contributed by atoms with Gasteiger partial charge in [-0.2, -0.15) is 0 Å². The number of hydrogen-bond acceptors (Lipinski definition) is 0. The highest BCUT2D eigenvalue weighted by Crippen LogP contribution is 2.77. The summed E-state index contributed by atoms with van der Waals surface area (Å²) < 4.78 is 0. The molecule has 4 saturated carbocycles. The van der Waals surface area contributed by atoms with Crippen LogP contribution in [0.2, 0.25) is 23.2 Å². The molecule has 9 unspecified atom stereocenters. The van der Waals surface area contributed by atoms with Gasteiger partial charge in [0.15, 0.2) is 0 Å². The first-order chi connectivity index (χ1) is 12.8. The van der Waals surface area contributed by atoms with E-state index in [-0.39, 0.29) is 0 Å². The molecule has 5 fully saturated rings. The molecule has 140 valence electrons. The maximum absolute atomic E-state index is 2.93. The van der Waals surface area contributed by atoms with Crippen molar-refractivity contribution in [2.75, 3.05) is 0 Å². The summed E-state index contributed by atoms with van der Waals surface area (Å²) in [6, 6.07) is 11.6. The van der Waals surface area contributed by atoms with Crippen LogP contribution in [0, 0.1) is 23.7 Å². The van der Waals surface area contributed by atoms with E-state index >= 15 is 0 Å². The van der Waals surface area contributed by atoms with Gasteiger partial charge in [0.05, 0.1) is 8.07 Å². The van der Waals surface area contributed by atoms with Crippen molar-refractivity contribution in [1.29, 1.82) is 0 Å². The molecule has 6 rings (SSSR count). The lowest BCUT2D eigenvalue weighted by molar-refractivity contribution is 0.197. The van der Waals surface area contributed by atoms with Crippen LogP contribution < -0.4 is 0 Å². The molecule has 0 N–H and O–H groups in total. The maximum Gasteiger partial charge on any atom is 0.0606 e. The molecular formula is C25H36Si. The van der Waals surface area contributed by atoms with E-state index < -0.39 is 8.07 Å². The van der Waals surface area contributed by atoms with E-state index in [1.807, 2.05) is 0 Å². The van der Waals surface area contributed by atoms with E-state index in [0.717, 1.165) is 23.7 Å². The van der Waals surface area contributed by atoms with Crippen molar-refractivity contribution in [3.8, 4) is 0 Å². The lowest BCUT2D eigenvalue weighted by Gasteiger charge is -2.65. The largest absolute Gasteiger partial charge is 0.0685 e. The van der Waals surface area contributed by atoms with Crippen LogP contribution in [0.3, 0.4) is 0 Å². The second kappa shape index (κ2) is 5.97. The molecule has 1 heteroatoms. The van der Waals surface area contributed by atoms with Gasteiger partial charge in [-0.05, 0) is 64.6 Å². The second-order valence-electron chi connectivity index (χ2n) is 11.0. The molecule has 1 aromatic rings. The Hall–Kier alpha value is -0.563. The van der Waals surface area contributed by atoms with Crippen LogP contribution in [0.5, 0.6) is 0 Å². The van der Waals surface area contributed by atoms with Crippen molar-refractivity contribution < 1.29 is 0 Å². The van der Waals surface area contributed by atoms with Gasteiger partial charge in [0.1, 0.15) is 0 Å². The molecule has 26 heavy (non-hydrogen) atoms. The molecule has 0 aromatic heterocycles. The fourth-order valence-electron chi connectivity index (χ4n) is 9.52. The number of benzene rings is 1. The average molecular weight is 365 g/mol. The molecular weight excluding hydrogens is 328 g/mol. The normalized spacial score (nSPS) is 52.2. The van der Waals surface area contributed by atoms with Crippen LogP contribution >= 0.6 is 0 Å². The summed E-state index contributed by atoms with van der Waals surface area (Å²) in [5.41, 5.74) is 5.30. The van der Waals surface area contributed by atoms with Crippen LogP contribution in [0.15, 0.2) is 30.3 Å². The van der Waals surface area contributed by atoms with E-state index in [1.54, 1.807) is 63.4 Å². The van der Waals surface area contributed by atoms with Gasteiger partial charge in [-0.1, -0.05) is 88.2 Å². The van der Waals surface area contributed by atoms with Gasteiger partial charge in [0.25, 0.3) is 0 Å². The van der Waals surface area contributed by atoms with E-state index in [2.05, 4.69) is 36.9 Å². The predicted molar refractivity (Wildman–Crippen MR) is 112 cm³/mol. The zero-order chi connectivity index (χ0) is 17.3. The molecule has 1 aliphatic heterocycles. The second-order valence-corrected chi connectivity index (χ2v) is 15.9. The van der Waals surface area contributed by atoms with Crippen molar-refractivity contribution in [2.24, 2.45) is 23.7 Å². The highest BCUT2D eigenvalue weighted by molar-refractivity contribution is 6.85. The predicted octanol–water partition coefficient (Wildman–Crippen LogP) is 7.39. The third-order valence-corrected chi connectivity index (χ3v) is 17.3. The van der Waals surface area contributed by atoms with Crippen molar-refractivity contribution in [2.45, 2.75) is 93.3 Å². The zero-order valence-electron chi connectivity index (χ0n) is 16.6. The monoisotopic (exact) mass is 364 g/mol. The topological polar surface area (TPSA) is 0 Å². The van der Waals surface area contributed by atoms with E-state index in [1.165, 1.54) is 29.0 Å².